The summed E-state index contributed by atoms with van der Waals surface area (Å²) in [5.74, 6) is 0.703. The van der Waals surface area contributed by atoms with E-state index >= 15 is 0 Å². The normalized spacial score (nSPS) is 10.9. The first-order valence-electron chi connectivity index (χ1n) is 7.91. The number of hydrogen-bond donors (Lipinski definition) is 1. The number of aromatic nitrogens is 3. The number of amides is 1. The van der Waals surface area contributed by atoms with Crippen LogP contribution in [-0.4, -0.2) is 20.4 Å². The third-order valence-electron chi connectivity index (χ3n) is 4.01. The van der Waals surface area contributed by atoms with Crippen LogP contribution in [0.15, 0.2) is 60.1 Å². The zero-order valence-corrected chi connectivity index (χ0v) is 14.5. The number of pyridine rings is 1. The van der Waals surface area contributed by atoms with Gasteiger partial charge in [0.05, 0.1) is 6.54 Å². The molecule has 0 unspecified atom stereocenters. The van der Waals surface area contributed by atoms with E-state index in [1.54, 1.807) is 17.5 Å². The summed E-state index contributed by atoms with van der Waals surface area (Å²) in [5, 5.41) is 4.96. The van der Waals surface area contributed by atoms with Crippen LogP contribution in [-0.2, 0) is 13.6 Å². The predicted molar refractivity (Wildman–Crippen MR) is 99.4 cm³/mol. The van der Waals surface area contributed by atoms with Crippen molar-refractivity contribution in [2.45, 2.75) is 6.54 Å². The second-order valence-corrected chi connectivity index (χ2v) is 6.72. The van der Waals surface area contributed by atoms with Gasteiger partial charge in [0.25, 0.3) is 5.91 Å². The topological polar surface area (TPSA) is 59.8 Å². The molecule has 1 aromatic carbocycles. The molecule has 4 aromatic rings. The van der Waals surface area contributed by atoms with E-state index in [0.717, 1.165) is 27.4 Å². The van der Waals surface area contributed by atoms with Crippen LogP contribution in [0.2, 0.25) is 0 Å². The Labute approximate surface area is 149 Å². The Balaban J connectivity index is 1.62. The van der Waals surface area contributed by atoms with E-state index in [9.17, 15) is 4.79 Å². The van der Waals surface area contributed by atoms with Gasteiger partial charge in [-0.1, -0.05) is 18.2 Å². The first kappa shape index (κ1) is 15.5. The van der Waals surface area contributed by atoms with Gasteiger partial charge in [-0.3, -0.25) is 4.79 Å². The van der Waals surface area contributed by atoms with E-state index in [1.807, 2.05) is 65.5 Å². The maximum Gasteiger partial charge on any atom is 0.251 e. The molecule has 5 nitrogen and oxygen atoms in total. The Morgan fingerprint density at radius 1 is 1.20 bits per heavy atom. The third kappa shape index (κ3) is 3.04. The maximum absolute atomic E-state index is 12.4. The van der Waals surface area contributed by atoms with Crippen molar-refractivity contribution in [3.63, 3.8) is 0 Å². The maximum atomic E-state index is 12.4. The van der Waals surface area contributed by atoms with Crippen LogP contribution in [0.4, 0.5) is 0 Å². The zero-order chi connectivity index (χ0) is 17.2. The van der Waals surface area contributed by atoms with Crippen molar-refractivity contribution in [3.8, 4) is 11.4 Å². The van der Waals surface area contributed by atoms with Gasteiger partial charge in [0.2, 0.25) is 0 Å². The predicted octanol–water partition coefficient (Wildman–Crippen LogP) is 3.63. The van der Waals surface area contributed by atoms with E-state index in [-0.39, 0.29) is 5.91 Å². The minimum atomic E-state index is -0.0906. The van der Waals surface area contributed by atoms with Crippen molar-refractivity contribution in [3.05, 3.63) is 70.5 Å². The Morgan fingerprint density at radius 2 is 2.12 bits per heavy atom. The van der Waals surface area contributed by atoms with Crippen LogP contribution in [0.1, 0.15) is 15.2 Å². The highest BCUT2D eigenvalue weighted by molar-refractivity contribution is 7.09. The molecule has 1 amide bonds. The number of carbonyl (C=O) groups is 1. The van der Waals surface area contributed by atoms with Gasteiger partial charge >= 0.3 is 0 Å². The molecule has 0 atom stereocenters. The lowest BCUT2D eigenvalue weighted by atomic mass is 10.1. The van der Waals surface area contributed by atoms with Crippen LogP contribution in [0.3, 0.4) is 0 Å². The summed E-state index contributed by atoms with van der Waals surface area (Å²) in [4.78, 5) is 22.6. The lowest BCUT2D eigenvalue weighted by Gasteiger charge is -2.06. The number of hydrogen-bond acceptors (Lipinski definition) is 4. The second-order valence-electron chi connectivity index (χ2n) is 5.68. The molecule has 0 bridgehead atoms. The van der Waals surface area contributed by atoms with Gasteiger partial charge in [-0.2, -0.15) is 0 Å². The van der Waals surface area contributed by atoms with Gasteiger partial charge in [-0.05, 0) is 35.7 Å². The lowest BCUT2D eigenvalue weighted by molar-refractivity contribution is 0.0951. The third-order valence-corrected chi connectivity index (χ3v) is 4.89. The summed E-state index contributed by atoms with van der Waals surface area (Å²) in [5.41, 5.74) is 3.18. The molecule has 25 heavy (non-hydrogen) atoms. The molecule has 0 aliphatic carbocycles. The molecule has 0 fully saturated rings. The van der Waals surface area contributed by atoms with E-state index in [2.05, 4.69) is 15.3 Å². The second kappa shape index (κ2) is 6.49. The quantitative estimate of drug-likeness (QED) is 0.613. The molecule has 0 saturated heterocycles. The van der Waals surface area contributed by atoms with E-state index in [0.29, 0.717) is 12.1 Å². The number of thiophene rings is 1. The van der Waals surface area contributed by atoms with Crippen LogP contribution in [0.25, 0.3) is 22.6 Å². The largest absolute Gasteiger partial charge is 0.347 e. The summed E-state index contributed by atoms with van der Waals surface area (Å²) in [7, 11) is 1.93. The van der Waals surface area contributed by atoms with Crippen molar-refractivity contribution in [2.24, 2.45) is 7.05 Å². The fraction of sp³-hybridized carbons (Fsp3) is 0.105. The molecule has 0 saturated carbocycles. The average Bonchev–Trinajstić information content (AvgIpc) is 3.28. The van der Waals surface area contributed by atoms with Crippen LogP contribution in [0, 0.1) is 0 Å². The number of nitrogens with one attached hydrogen (secondary N) is 1. The van der Waals surface area contributed by atoms with Gasteiger partial charge in [-0.15, -0.1) is 11.3 Å². The first-order valence-corrected chi connectivity index (χ1v) is 8.79. The fourth-order valence-corrected chi connectivity index (χ4v) is 3.41. The van der Waals surface area contributed by atoms with E-state index < -0.39 is 0 Å². The van der Waals surface area contributed by atoms with Gasteiger partial charge in [0.15, 0.2) is 5.65 Å². The Hall–Kier alpha value is -2.99. The van der Waals surface area contributed by atoms with Gasteiger partial charge < -0.3 is 9.88 Å². The Bertz CT molecular complexity index is 1040. The number of fused-ring (bicyclic) bond motifs is 1. The first-order chi connectivity index (χ1) is 12.2. The Morgan fingerprint density at radius 3 is 2.92 bits per heavy atom. The summed E-state index contributed by atoms with van der Waals surface area (Å²) < 4.78 is 1.94. The number of benzene rings is 1. The molecule has 124 valence electrons. The standard InChI is InChI=1S/C19H16N4OS/c1-23-17(22-16-8-3-9-20-18(16)23)13-5-2-6-14(11-13)19(24)21-12-15-7-4-10-25-15/h2-11H,12H2,1H3,(H,21,24). The summed E-state index contributed by atoms with van der Waals surface area (Å²) >= 11 is 1.63. The zero-order valence-electron chi connectivity index (χ0n) is 13.6. The number of aryl methyl sites for hydroxylation is 1. The Kier molecular flexibility index (Phi) is 4.03. The highest BCUT2D eigenvalue weighted by atomic mass is 32.1. The van der Waals surface area contributed by atoms with Gasteiger partial charge in [0.1, 0.15) is 11.3 Å². The van der Waals surface area contributed by atoms with E-state index in [1.165, 1.54) is 0 Å². The van der Waals surface area contributed by atoms with Crippen molar-refractivity contribution in [2.75, 3.05) is 0 Å². The molecule has 0 spiro atoms. The highest BCUT2D eigenvalue weighted by Gasteiger charge is 2.13. The molecule has 6 heteroatoms. The summed E-state index contributed by atoms with van der Waals surface area (Å²) in [6, 6.07) is 15.3. The van der Waals surface area contributed by atoms with E-state index in [4.69, 9.17) is 0 Å². The van der Waals surface area contributed by atoms with Gasteiger partial charge in [0, 0.05) is 29.2 Å². The molecular weight excluding hydrogens is 332 g/mol. The SMILES string of the molecule is Cn1c(-c2cccc(C(=O)NCc3cccs3)c2)nc2cccnc21. The molecule has 3 aromatic heterocycles. The van der Waals surface area contributed by atoms with Crippen LogP contribution in [0.5, 0.6) is 0 Å². The molecule has 0 aliphatic rings. The van der Waals surface area contributed by atoms with Crippen molar-refractivity contribution < 1.29 is 4.79 Å². The van der Waals surface area contributed by atoms with Crippen molar-refractivity contribution >= 4 is 28.4 Å². The van der Waals surface area contributed by atoms with Crippen LogP contribution < -0.4 is 5.32 Å². The fourth-order valence-electron chi connectivity index (χ4n) is 2.76. The minimum absolute atomic E-state index is 0.0906. The minimum Gasteiger partial charge on any atom is -0.347 e. The molecule has 4 rings (SSSR count). The number of nitrogens with zero attached hydrogens (tertiary/aromatic N) is 3. The number of imidazole rings is 1. The lowest BCUT2D eigenvalue weighted by Crippen LogP contribution is -2.22. The molecule has 1 N–H and O–H groups in total. The summed E-state index contributed by atoms with van der Waals surface area (Å²) in [6.45, 7) is 0.539. The number of rotatable bonds is 4. The highest BCUT2D eigenvalue weighted by Crippen LogP contribution is 2.23. The van der Waals surface area contributed by atoms with Gasteiger partial charge in [-0.25, -0.2) is 9.97 Å². The monoisotopic (exact) mass is 348 g/mol. The number of carbonyl (C=O) groups excluding carboxylic acids is 1. The van der Waals surface area contributed by atoms with Crippen LogP contribution >= 0.6 is 11.3 Å². The molecule has 0 aliphatic heterocycles. The molecule has 0 radical (unpaired) electrons. The molecule has 3 heterocycles. The van der Waals surface area contributed by atoms with Crippen molar-refractivity contribution in [1.29, 1.82) is 0 Å². The molecular formula is C19H16N4OS. The smallest absolute Gasteiger partial charge is 0.251 e. The average molecular weight is 348 g/mol. The van der Waals surface area contributed by atoms with Crippen molar-refractivity contribution in [1.82, 2.24) is 19.9 Å². The summed E-state index contributed by atoms with van der Waals surface area (Å²) in [6.07, 6.45) is 1.75.